The van der Waals surface area contributed by atoms with Crippen molar-refractivity contribution in [3.05, 3.63) is 45.9 Å². The zero-order valence-corrected chi connectivity index (χ0v) is 7.10. The lowest BCUT2D eigenvalue weighted by Gasteiger charge is -2.04. The molecule has 0 radical (unpaired) electrons. The molecule has 14 heavy (non-hydrogen) atoms. The van der Waals surface area contributed by atoms with E-state index in [1.807, 2.05) is 0 Å². The third kappa shape index (κ3) is 0.972. The normalized spacial score (nSPS) is 10.6. The van der Waals surface area contributed by atoms with Crippen LogP contribution in [0.4, 0.5) is 0 Å². The molecule has 1 aliphatic heterocycles. The fourth-order valence-corrected chi connectivity index (χ4v) is 1.32. The molecule has 0 bridgehead atoms. The molecule has 2 rings (SSSR count). The molecule has 6 heteroatoms. The van der Waals surface area contributed by atoms with Crippen LogP contribution in [-0.4, -0.2) is 19.9 Å². The van der Waals surface area contributed by atoms with Gasteiger partial charge in [0.1, 0.15) is 10.7 Å². The van der Waals surface area contributed by atoms with Crippen LogP contribution in [0.2, 0.25) is 0 Å². The highest BCUT2D eigenvalue weighted by Gasteiger charge is 2.00. The average Bonchev–Trinajstić information content (AvgIpc) is 2.16. The van der Waals surface area contributed by atoms with Crippen molar-refractivity contribution in [2.45, 2.75) is 0 Å². The molecule has 0 spiro atoms. The second kappa shape index (κ2) is 2.63. The van der Waals surface area contributed by atoms with Crippen molar-refractivity contribution < 1.29 is 10.4 Å². The molecule has 0 unspecified atom stereocenters. The van der Waals surface area contributed by atoms with Gasteiger partial charge in [0.25, 0.3) is 0 Å². The lowest BCUT2D eigenvalue weighted by atomic mass is 10.3. The minimum Gasteiger partial charge on any atom is -0.428 e. The van der Waals surface area contributed by atoms with Gasteiger partial charge in [-0.15, -0.1) is 0 Å². The zero-order chi connectivity index (χ0) is 10.3. The molecule has 1 aliphatic carbocycles. The first-order valence-electron chi connectivity index (χ1n) is 3.86. The van der Waals surface area contributed by atoms with E-state index >= 15 is 0 Å². The summed E-state index contributed by atoms with van der Waals surface area (Å²) in [5.74, 6) is 0. The van der Waals surface area contributed by atoms with E-state index < -0.39 is 0 Å². The van der Waals surface area contributed by atoms with Crippen LogP contribution in [0, 0.1) is 21.5 Å². The monoisotopic (exact) mass is 192 g/mol. The van der Waals surface area contributed by atoms with Crippen molar-refractivity contribution in [3.63, 3.8) is 0 Å². The fraction of sp³-hybridized carbons (Fsp3) is 0. The van der Waals surface area contributed by atoms with Crippen LogP contribution < -0.4 is 10.7 Å². The van der Waals surface area contributed by atoms with Crippen molar-refractivity contribution in [2.75, 3.05) is 0 Å². The summed E-state index contributed by atoms with van der Waals surface area (Å²) < 4.78 is 1.42. The Morgan fingerprint density at radius 3 is 1.57 bits per heavy atom. The highest BCUT2D eigenvalue weighted by atomic mass is 16.5. The minimum absolute atomic E-state index is 0.0434. The van der Waals surface area contributed by atoms with Crippen LogP contribution in [0.15, 0.2) is 24.5 Å². The van der Waals surface area contributed by atoms with Gasteiger partial charge in [-0.2, -0.15) is 9.46 Å². The van der Waals surface area contributed by atoms with Crippen LogP contribution in [0.3, 0.4) is 0 Å². The molecule has 0 aromatic rings. The van der Waals surface area contributed by atoms with Crippen molar-refractivity contribution in [1.29, 1.82) is 10.8 Å². The molecule has 0 fully saturated rings. The number of hydrogen-bond donors (Lipinski definition) is 4. The summed E-state index contributed by atoms with van der Waals surface area (Å²) in [6.45, 7) is 0. The van der Waals surface area contributed by atoms with Crippen molar-refractivity contribution in [2.24, 2.45) is 0 Å². The van der Waals surface area contributed by atoms with Crippen LogP contribution in [0.1, 0.15) is 0 Å². The molecule has 1 heterocycles. The Kier molecular flexibility index (Phi) is 1.57. The number of hydrogen-bond acceptors (Lipinski definition) is 4. The molecule has 4 N–H and O–H groups in total. The number of aromatic nitrogens is 2. The van der Waals surface area contributed by atoms with Gasteiger partial charge in [0.05, 0.1) is 23.1 Å². The van der Waals surface area contributed by atoms with E-state index in [1.165, 1.54) is 24.5 Å². The van der Waals surface area contributed by atoms with E-state index in [4.69, 9.17) is 10.8 Å². The molecule has 0 aromatic carbocycles. The summed E-state index contributed by atoms with van der Waals surface area (Å²) >= 11 is 0. The smallest absolute Gasteiger partial charge is 0.133 e. The predicted molar refractivity (Wildman–Crippen MR) is 43.8 cm³/mol. The van der Waals surface area contributed by atoms with Crippen molar-refractivity contribution in [1.82, 2.24) is 9.46 Å². The van der Waals surface area contributed by atoms with Gasteiger partial charge in [-0.1, -0.05) is 0 Å². The second-order valence-corrected chi connectivity index (χ2v) is 2.85. The van der Waals surface area contributed by atoms with E-state index in [0.29, 0.717) is 9.46 Å². The SMILES string of the molecule is N=c1ccc(=N)c2n(O)ccn(O)c1=2. The summed E-state index contributed by atoms with van der Waals surface area (Å²) in [7, 11) is 0. The maximum absolute atomic E-state index is 9.39. The fourth-order valence-electron chi connectivity index (χ4n) is 1.32. The molecule has 6 nitrogen and oxygen atoms in total. The van der Waals surface area contributed by atoms with Gasteiger partial charge in [0.2, 0.25) is 0 Å². The molecule has 0 atom stereocenters. The van der Waals surface area contributed by atoms with Crippen LogP contribution >= 0.6 is 0 Å². The van der Waals surface area contributed by atoms with E-state index in [1.54, 1.807) is 0 Å². The Labute approximate surface area is 77.5 Å². The summed E-state index contributed by atoms with van der Waals surface area (Å²) in [5.41, 5.74) is 0. The number of nitrogens with one attached hydrogen (secondary N) is 2. The van der Waals surface area contributed by atoms with Crippen molar-refractivity contribution >= 4 is 0 Å². The largest absolute Gasteiger partial charge is 0.428 e. The average molecular weight is 192 g/mol. The molecule has 0 saturated carbocycles. The summed E-state index contributed by atoms with van der Waals surface area (Å²) in [4.78, 5) is 0. The van der Waals surface area contributed by atoms with Crippen LogP contribution in [0.25, 0.3) is 0 Å². The lowest BCUT2D eigenvalue weighted by Crippen LogP contribution is -2.22. The van der Waals surface area contributed by atoms with Gasteiger partial charge in [-0.3, -0.25) is 10.8 Å². The predicted octanol–water partition coefficient (Wildman–Crippen LogP) is -0.552. The molecular weight excluding hydrogens is 184 g/mol. The molecule has 0 saturated heterocycles. The first kappa shape index (κ1) is 8.36. The molecule has 0 amide bonds. The topological polar surface area (TPSA) is 98.0 Å². The molecule has 0 aromatic heterocycles. The van der Waals surface area contributed by atoms with Gasteiger partial charge in [-0.05, 0) is 12.1 Å². The summed E-state index contributed by atoms with van der Waals surface area (Å²) in [5, 5.41) is 34.1. The van der Waals surface area contributed by atoms with Gasteiger partial charge < -0.3 is 10.4 Å². The standard InChI is InChI=1S/C8H8N4O2/c9-5-1-2-6(10)8-7(5)11(13)3-4-12(8)14/h1-4,9-10,13-14H. The van der Waals surface area contributed by atoms with Gasteiger partial charge >= 0.3 is 0 Å². The van der Waals surface area contributed by atoms with Crippen molar-refractivity contribution in [3.8, 4) is 0 Å². The first-order valence-corrected chi connectivity index (χ1v) is 3.86. The highest BCUT2D eigenvalue weighted by molar-refractivity contribution is 5.03. The molecular formula is C8H8N4O2. The molecule has 72 valence electrons. The quantitative estimate of drug-likeness (QED) is 0.421. The van der Waals surface area contributed by atoms with Gasteiger partial charge in [0.15, 0.2) is 0 Å². The zero-order valence-electron chi connectivity index (χ0n) is 7.10. The number of nitrogens with zero attached hydrogens (tertiary/aromatic N) is 2. The van der Waals surface area contributed by atoms with E-state index in [2.05, 4.69) is 0 Å². The van der Waals surface area contributed by atoms with E-state index in [-0.39, 0.29) is 21.4 Å². The van der Waals surface area contributed by atoms with Gasteiger partial charge in [0, 0.05) is 0 Å². The maximum Gasteiger partial charge on any atom is 0.133 e. The Morgan fingerprint density at radius 2 is 1.21 bits per heavy atom. The Bertz CT molecular complexity index is 597. The lowest BCUT2D eigenvalue weighted by molar-refractivity contribution is 0.142. The third-order valence-electron chi connectivity index (χ3n) is 1.96. The van der Waals surface area contributed by atoms with Crippen LogP contribution in [0.5, 0.6) is 0 Å². The molecule has 2 aliphatic rings. The van der Waals surface area contributed by atoms with E-state index in [0.717, 1.165) is 0 Å². The second-order valence-electron chi connectivity index (χ2n) is 2.85. The minimum atomic E-state index is 0.0434. The third-order valence-corrected chi connectivity index (χ3v) is 1.96. The summed E-state index contributed by atoms with van der Waals surface area (Å²) in [6.07, 6.45) is 2.39. The highest BCUT2D eigenvalue weighted by Crippen LogP contribution is 1.88. The Hall–Kier alpha value is -2.24. The summed E-state index contributed by atoms with van der Waals surface area (Å²) in [6, 6.07) is 2.77. The Balaban J connectivity index is 3.37. The first-order chi connectivity index (χ1) is 6.61. The number of rotatable bonds is 0. The Morgan fingerprint density at radius 1 is 0.857 bits per heavy atom. The van der Waals surface area contributed by atoms with E-state index in [9.17, 15) is 10.4 Å². The van der Waals surface area contributed by atoms with Crippen LogP contribution in [-0.2, 0) is 0 Å². The van der Waals surface area contributed by atoms with Gasteiger partial charge in [-0.25, -0.2) is 0 Å². The maximum atomic E-state index is 9.39.